The van der Waals surface area contributed by atoms with E-state index in [2.05, 4.69) is 10.3 Å². The highest BCUT2D eigenvalue weighted by Gasteiger charge is 2.61. The SMILES string of the molecule is CC(=O)NC12C[C@H]3C[C@@H](C1)CC(C(=O)OCC(=O)c1[nH]c(C)c(C(C)=O)c1C)(C3)C2. The Labute approximate surface area is 176 Å². The number of aromatic amines is 1. The molecule has 4 fully saturated rings. The summed E-state index contributed by atoms with van der Waals surface area (Å²) in [4.78, 5) is 52.5. The fourth-order valence-corrected chi connectivity index (χ4v) is 6.93. The van der Waals surface area contributed by atoms with E-state index >= 15 is 0 Å². The summed E-state index contributed by atoms with van der Waals surface area (Å²) in [7, 11) is 0. The van der Waals surface area contributed by atoms with Crippen LogP contribution in [0.5, 0.6) is 0 Å². The molecule has 1 heterocycles. The van der Waals surface area contributed by atoms with Crippen LogP contribution in [0.3, 0.4) is 0 Å². The van der Waals surface area contributed by atoms with Gasteiger partial charge in [-0.2, -0.15) is 0 Å². The number of ketones is 2. The Hall–Kier alpha value is -2.44. The summed E-state index contributed by atoms with van der Waals surface area (Å²) in [6.07, 6.45) is 5.08. The molecule has 0 saturated heterocycles. The first-order valence-electron chi connectivity index (χ1n) is 10.7. The highest BCUT2D eigenvalue weighted by molar-refractivity contribution is 6.04. The number of nitrogens with one attached hydrogen (secondary N) is 2. The van der Waals surface area contributed by atoms with E-state index in [9.17, 15) is 19.2 Å². The Bertz CT molecular complexity index is 930. The predicted molar refractivity (Wildman–Crippen MR) is 109 cm³/mol. The Kier molecular flexibility index (Phi) is 4.90. The van der Waals surface area contributed by atoms with Crippen molar-refractivity contribution in [3.05, 3.63) is 22.5 Å². The van der Waals surface area contributed by atoms with E-state index in [-0.39, 0.29) is 35.6 Å². The van der Waals surface area contributed by atoms with Crippen LogP contribution in [0, 0.1) is 31.1 Å². The minimum Gasteiger partial charge on any atom is -0.457 e. The van der Waals surface area contributed by atoms with Gasteiger partial charge in [0.2, 0.25) is 11.7 Å². The number of H-pyrrole nitrogens is 1. The first kappa shape index (κ1) is 20.8. The maximum absolute atomic E-state index is 13.2. The number of amides is 1. The molecule has 162 valence electrons. The number of hydrogen-bond donors (Lipinski definition) is 2. The van der Waals surface area contributed by atoms with Crippen molar-refractivity contribution in [1.29, 1.82) is 0 Å². The number of hydrogen-bond acceptors (Lipinski definition) is 5. The van der Waals surface area contributed by atoms with Crippen molar-refractivity contribution in [2.45, 2.75) is 71.8 Å². The highest BCUT2D eigenvalue weighted by Crippen LogP contribution is 2.62. The Morgan fingerprint density at radius 3 is 2.23 bits per heavy atom. The first-order chi connectivity index (χ1) is 14.0. The molecule has 1 aromatic heterocycles. The van der Waals surface area contributed by atoms with E-state index < -0.39 is 5.41 Å². The van der Waals surface area contributed by atoms with E-state index in [4.69, 9.17) is 4.74 Å². The molecule has 5 rings (SSSR count). The average Bonchev–Trinajstić information content (AvgIpc) is 2.91. The van der Waals surface area contributed by atoms with E-state index in [0.717, 1.165) is 32.1 Å². The minimum absolute atomic E-state index is 0.0606. The number of carbonyl (C=O) groups excluding carboxylic acids is 4. The zero-order valence-corrected chi connectivity index (χ0v) is 18.1. The van der Waals surface area contributed by atoms with Crippen molar-refractivity contribution >= 4 is 23.4 Å². The number of aromatic nitrogens is 1. The van der Waals surface area contributed by atoms with Crippen molar-refractivity contribution in [2.24, 2.45) is 17.3 Å². The number of aryl methyl sites for hydroxylation is 1. The molecule has 1 aromatic rings. The van der Waals surface area contributed by atoms with Crippen LogP contribution < -0.4 is 5.32 Å². The summed E-state index contributed by atoms with van der Waals surface area (Å²) in [5.41, 5.74) is 1.16. The van der Waals surface area contributed by atoms with E-state index in [1.807, 2.05) is 0 Å². The second-order valence-corrected chi connectivity index (χ2v) is 9.88. The van der Waals surface area contributed by atoms with Gasteiger partial charge in [0.15, 0.2) is 12.4 Å². The van der Waals surface area contributed by atoms with Gasteiger partial charge in [-0.1, -0.05) is 0 Å². The van der Waals surface area contributed by atoms with Crippen molar-refractivity contribution < 1.29 is 23.9 Å². The smallest absolute Gasteiger partial charge is 0.312 e. The fraction of sp³-hybridized carbons (Fsp3) is 0.652. The Morgan fingerprint density at radius 1 is 1.07 bits per heavy atom. The molecular weight excluding hydrogens is 384 g/mol. The standard InChI is InChI=1S/C23H30N2O5/c1-12-19(14(3)26)13(2)24-20(12)18(28)10-30-21(29)22-6-16-5-17(7-22)9-23(8-16,11-22)25-15(4)27/h16-17,24H,5-11H2,1-4H3,(H,25,27)/t16-,17+,22?,23?. The molecule has 4 bridgehead atoms. The van der Waals surface area contributed by atoms with Crippen LogP contribution in [0.1, 0.15) is 84.5 Å². The highest BCUT2D eigenvalue weighted by atomic mass is 16.5. The molecular formula is C23H30N2O5. The number of carbonyl (C=O) groups is 4. The zero-order chi connectivity index (χ0) is 21.8. The third-order valence-electron chi connectivity index (χ3n) is 7.34. The lowest BCUT2D eigenvalue weighted by atomic mass is 9.47. The summed E-state index contributed by atoms with van der Waals surface area (Å²) >= 11 is 0. The normalized spacial score (nSPS) is 31.5. The second-order valence-electron chi connectivity index (χ2n) is 9.88. The van der Waals surface area contributed by atoms with Gasteiger partial charge in [-0.25, -0.2) is 0 Å². The Balaban J connectivity index is 1.48. The molecule has 4 aliphatic carbocycles. The number of Topliss-reactive ketones (excluding diaryl/α,β-unsaturated/α-hetero) is 2. The molecule has 0 radical (unpaired) electrons. The molecule has 7 heteroatoms. The zero-order valence-electron chi connectivity index (χ0n) is 18.1. The van der Waals surface area contributed by atoms with Crippen molar-refractivity contribution in [2.75, 3.05) is 6.61 Å². The van der Waals surface area contributed by atoms with Crippen molar-refractivity contribution in [1.82, 2.24) is 10.3 Å². The van der Waals surface area contributed by atoms with Gasteiger partial charge in [0, 0.05) is 23.7 Å². The van der Waals surface area contributed by atoms with Crippen LogP contribution >= 0.6 is 0 Å². The largest absolute Gasteiger partial charge is 0.457 e. The van der Waals surface area contributed by atoms with E-state index in [1.165, 1.54) is 13.8 Å². The third kappa shape index (κ3) is 3.38. The molecule has 4 atom stereocenters. The summed E-state index contributed by atoms with van der Waals surface area (Å²) < 4.78 is 5.55. The van der Waals surface area contributed by atoms with Gasteiger partial charge in [0.1, 0.15) is 0 Å². The van der Waals surface area contributed by atoms with Crippen LogP contribution in [0.4, 0.5) is 0 Å². The maximum Gasteiger partial charge on any atom is 0.312 e. The molecule has 0 spiro atoms. The van der Waals surface area contributed by atoms with E-state index in [1.54, 1.807) is 13.8 Å². The van der Waals surface area contributed by atoms with Crippen LogP contribution in [-0.2, 0) is 14.3 Å². The Morgan fingerprint density at radius 2 is 1.70 bits per heavy atom. The second kappa shape index (κ2) is 7.06. The van der Waals surface area contributed by atoms with Crippen molar-refractivity contribution in [3.63, 3.8) is 0 Å². The lowest BCUT2D eigenvalue weighted by molar-refractivity contribution is -0.174. The van der Waals surface area contributed by atoms with Crippen molar-refractivity contribution in [3.8, 4) is 0 Å². The predicted octanol–water partition coefficient (Wildman–Crippen LogP) is 3.04. The van der Waals surface area contributed by atoms with Gasteiger partial charge in [0.25, 0.3) is 0 Å². The van der Waals surface area contributed by atoms with Crippen LogP contribution in [0.25, 0.3) is 0 Å². The fourth-order valence-electron chi connectivity index (χ4n) is 6.93. The van der Waals surface area contributed by atoms with Crippen LogP contribution in [-0.4, -0.2) is 40.6 Å². The topological polar surface area (TPSA) is 105 Å². The van der Waals surface area contributed by atoms with Gasteiger partial charge in [-0.15, -0.1) is 0 Å². The van der Waals surface area contributed by atoms with Gasteiger partial charge in [-0.3, -0.25) is 19.2 Å². The summed E-state index contributed by atoms with van der Waals surface area (Å²) in [5, 5.41) is 3.13. The average molecular weight is 415 g/mol. The van der Waals surface area contributed by atoms with Crippen LogP contribution in [0.2, 0.25) is 0 Å². The van der Waals surface area contributed by atoms with Gasteiger partial charge in [-0.05, 0) is 76.7 Å². The summed E-state index contributed by atoms with van der Waals surface area (Å²) in [6, 6.07) is 0. The maximum atomic E-state index is 13.2. The molecule has 4 saturated carbocycles. The molecule has 4 aliphatic rings. The lowest BCUT2D eigenvalue weighted by Crippen LogP contribution is -2.64. The van der Waals surface area contributed by atoms with E-state index in [0.29, 0.717) is 40.8 Å². The lowest BCUT2D eigenvalue weighted by Gasteiger charge is -2.60. The molecule has 30 heavy (non-hydrogen) atoms. The molecule has 1 amide bonds. The van der Waals surface area contributed by atoms with Crippen LogP contribution in [0.15, 0.2) is 0 Å². The summed E-state index contributed by atoms with van der Waals surface area (Å²) in [5.74, 6) is -0.00523. The summed E-state index contributed by atoms with van der Waals surface area (Å²) in [6.45, 7) is 6.13. The first-order valence-corrected chi connectivity index (χ1v) is 10.7. The number of rotatable bonds is 6. The quantitative estimate of drug-likeness (QED) is 0.550. The minimum atomic E-state index is -0.613. The molecule has 0 aromatic carbocycles. The molecule has 2 N–H and O–H groups in total. The van der Waals surface area contributed by atoms with Gasteiger partial charge < -0.3 is 15.0 Å². The third-order valence-corrected chi connectivity index (χ3v) is 7.34. The molecule has 2 unspecified atom stereocenters. The van der Waals surface area contributed by atoms with Gasteiger partial charge >= 0.3 is 5.97 Å². The number of esters is 1. The van der Waals surface area contributed by atoms with Gasteiger partial charge in [0.05, 0.1) is 11.1 Å². The molecule has 7 nitrogen and oxygen atoms in total. The monoisotopic (exact) mass is 414 g/mol. The number of ether oxygens (including phenoxy) is 1. The molecule has 0 aliphatic heterocycles.